The number of carboxylic acids is 1. The van der Waals surface area contributed by atoms with Gasteiger partial charge in [0.25, 0.3) is 0 Å². The summed E-state index contributed by atoms with van der Waals surface area (Å²) in [6.45, 7) is 0. The minimum Gasteiger partial charge on any atom is -0.477 e. The molecular weight excluding hydrogens is 150 g/mol. The maximum Gasteiger partial charge on any atom is 0.348 e. The molecule has 0 amide bonds. The molecule has 1 rings (SSSR count). The van der Waals surface area contributed by atoms with E-state index >= 15 is 0 Å². The predicted molar refractivity (Wildman–Crippen MR) is 40.8 cm³/mol. The fourth-order valence-electron chi connectivity index (χ4n) is 0.672. The van der Waals surface area contributed by atoms with Crippen molar-refractivity contribution in [3.05, 3.63) is 16.3 Å². The van der Waals surface area contributed by atoms with Crippen LogP contribution in [0.25, 0.3) is 0 Å². The first kappa shape index (κ1) is 7.08. The van der Waals surface area contributed by atoms with E-state index in [9.17, 15) is 4.79 Å². The van der Waals surface area contributed by atoms with Crippen LogP contribution in [0.3, 0.4) is 0 Å². The van der Waals surface area contributed by atoms with Crippen LogP contribution in [0.15, 0.2) is 11.4 Å². The van der Waals surface area contributed by atoms with E-state index in [1.165, 1.54) is 11.3 Å². The number of aromatic carboxylic acids is 1. The molecule has 0 saturated heterocycles. The Morgan fingerprint density at radius 3 is 2.90 bits per heavy atom. The van der Waals surface area contributed by atoms with E-state index in [1.54, 1.807) is 18.5 Å². The van der Waals surface area contributed by atoms with Gasteiger partial charge < -0.3 is 10.4 Å². The summed E-state index contributed by atoms with van der Waals surface area (Å²) in [5, 5.41) is 13.1. The smallest absolute Gasteiger partial charge is 0.348 e. The number of hydrogen-bond acceptors (Lipinski definition) is 3. The van der Waals surface area contributed by atoms with Crippen molar-refractivity contribution in [3.8, 4) is 0 Å². The lowest BCUT2D eigenvalue weighted by molar-refractivity contribution is 0.0703. The number of thiophene rings is 1. The topological polar surface area (TPSA) is 49.3 Å². The zero-order chi connectivity index (χ0) is 7.56. The molecule has 0 radical (unpaired) electrons. The molecule has 1 aromatic rings. The van der Waals surface area contributed by atoms with Crippen molar-refractivity contribution in [1.82, 2.24) is 0 Å². The lowest BCUT2D eigenvalue weighted by Crippen LogP contribution is -1.97. The fraction of sp³-hybridized carbons (Fsp3) is 0.167. The second kappa shape index (κ2) is 2.70. The highest BCUT2D eigenvalue weighted by molar-refractivity contribution is 7.12. The van der Waals surface area contributed by atoms with Crippen molar-refractivity contribution in [2.75, 3.05) is 12.4 Å². The van der Waals surface area contributed by atoms with Crippen LogP contribution in [0.5, 0.6) is 0 Å². The molecule has 0 spiro atoms. The first-order valence-corrected chi connectivity index (χ1v) is 3.62. The van der Waals surface area contributed by atoms with Crippen molar-refractivity contribution >= 4 is 23.0 Å². The third-order valence-corrected chi connectivity index (χ3v) is 2.03. The summed E-state index contributed by atoms with van der Waals surface area (Å²) in [6, 6.07) is 1.74. The zero-order valence-corrected chi connectivity index (χ0v) is 6.23. The lowest BCUT2D eigenvalue weighted by atomic mass is 10.4. The molecule has 0 fully saturated rings. The molecule has 0 aliphatic heterocycles. The van der Waals surface area contributed by atoms with Gasteiger partial charge in [-0.05, 0) is 11.4 Å². The summed E-state index contributed by atoms with van der Waals surface area (Å²) < 4.78 is 0. The van der Waals surface area contributed by atoms with Gasteiger partial charge in [-0.25, -0.2) is 4.79 Å². The van der Waals surface area contributed by atoms with Gasteiger partial charge in [-0.1, -0.05) is 0 Å². The number of rotatable bonds is 2. The minimum absolute atomic E-state index is 0.363. The maximum absolute atomic E-state index is 10.4. The summed E-state index contributed by atoms with van der Waals surface area (Å²) in [4.78, 5) is 10.8. The molecular formula is C6H7NO2S. The highest BCUT2D eigenvalue weighted by atomic mass is 32.1. The average molecular weight is 157 g/mol. The Bertz CT molecular complexity index is 244. The van der Waals surface area contributed by atoms with Crippen LogP contribution in [0.2, 0.25) is 0 Å². The summed E-state index contributed by atoms with van der Waals surface area (Å²) in [6.07, 6.45) is 0. The van der Waals surface area contributed by atoms with E-state index in [0.29, 0.717) is 10.6 Å². The van der Waals surface area contributed by atoms with Gasteiger partial charge in [0.05, 0.1) is 5.69 Å². The second-order valence-electron chi connectivity index (χ2n) is 1.72. The monoisotopic (exact) mass is 157 g/mol. The van der Waals surface area contributed by atoms with Crippen molar-refractivity contribution in [3.63, 3.8) is 0 Å². The molecule has 0 atom stereocenters. The summed E-state index contributed by atoms with van der Waals surface area (Å²) in [7, 11) is 1.70. The zero-order valence-electron chi connectivity index (χ0n) is 5.42. The number of carbonyl (C=O) groups is 1. The highest BCUT2D eigenvalue weighted by Gasteiger charge is 2.08. The van der Waals surface area contributed by atoms with Crippen LogP contribution in [0.1, 0.15) is 9.67 Å². The van der Waals surface area contributed by atoms with Crippen LogP contribution in [-0.2, 0) is 0 Å². The Balaban J connectivity index is 3.01. The Morgan fingerprint density at radius 2 is 2.50 bits per heavy atom. The quantitative estimate of drug-likeness (QED) is 0.683. The van der Waals surface area contributed by atoms with Crippen LogP contribution >= 0.6 is 11.3 Å². The Hall–Kier alpha value is -1.03. The third-order valence-electron chi connectivity index (χ3n) is 1.13. The molecule has 2 N–H and O–H groups in total. The van der Waals surface area contributed by atoms with Gasteiger partial charge >= 0.3 is 5.97 Å². The molecule has 1 heterocycles. The van der Waals surface area contributed by atoms with Crippen LogP contribution in [0.4, 0.5) is 5.69 Å². The van der Waals surface area contributed by atoms with Crippen LogP contribution in [-0.4, -0.2) is 18.1 Å². The number of carboxylic acid groups (broad SMARTS) is 1. The van der Waals surface area contributed by atoms with E-state index in [1.807, 2.05) is 0 Å². The van der Waals surface area contributed by atoms with E-state index < -0.39 is 5.97 Å². The first-order valence-electron chi connectivity index (χ1n) is 2.74. The fourth-order valence-corrected chi connectivity index (χ4v) is 1.41. The minimum atomic E-state index is -0.876. The molecule has 1 aromatic heterocycles. The van der Waals surface area contributed by atoms with Crippen LogP contribution in [0, 0.1) is 0 Å². The van der Waals surface area contributed by atoms with Crippen molar-refractivity contribution in [2.45, 2.75) is 0 Å². The summed E-state index contributed by atoms with van der Waals surface area (Å²) in [5.74, 6) is -0.876. The van der Waals surface area contributed by atoms with Gasteiger partial charge in [0.1, 0.15) is 4.88 Å². The molecule has 10 heavy (non-hydrogen) atoms. The third kappa shape index (κ3) is 1.11. The van der Waals surface area contributed by atoms with Gasteiger partial charge in [-0.2, -0.15) is 0 Å². The SMILES string of the molecule is CNc1ccsc1C(=O)O. The summed E-state index contributed by atoms with van der Waals surface area (Å²) in [5.41, 5.74) is 0.678. The summed E-state index contributed by atoms with van der Waals surface area (Å²) >= 11 is 1.22. The number of anilines is 1. The number of hydrogen-bond donors (Lipinski definition) is 2. The van der Waals surface area contributed by atoms with Crippen molar-refractivity contribution < 1.29 is 9.90 Å². The van der Waals surface area contributed by atoms with Crippen molar-refractivity contribution in [1.29, 1.82) is 0 Å². The standard InChI is InChI=1S/C6H7NO2S/c1-7-4-2-3-10-5(4)6(8)9/h2-3,7H,1H3,(H,8,9). The molecule has 0 saturated carbocycles. The largest absolute Gasteiger partial charge is 0.477 e. The predicted octanol–water partition coefficient (Wildman–Crippen LogP) is 1.49. The Morgan fingerprint density at radius 1 is 1.80 bits per heavy atom. The van der Waals surface area contributed by atoms with Crippen molar-refractivity contribution in [2.24, 2.45) is 0 Å². The van der Waals surface area contributed by atoms with E-state index in [-0.39, 0.29) is 0 Å². The van der Waals surface area contributed by atoms with E-state index in [4.69, 9.17) is 5.11 Å². The van der Waals surface area contributed by atoms with E-state index in [2.05, 4.69) is 5.32 Å². The molecule has 3 nitrogen and oxygen atoms in total. The molecule has 0 aliphatic rings. The van der Waals surface area contributed by atoms with E-state index in [0.717, 1.165) is 0 Å². The molecule has 54 valence electrons. The lowest BCUT2D eigenvalue weighted by Gasteiger charge is -1.94. The second-order valence-corrected chi connectivity index (χ2v) is 2.63. The molecule has 0 bridgehead atoms. The molecule has 4 heteroatoms. The Kier molecular flexibility index (Phi) is 1.91. The maximum atomic E-state index is 10.4. The molecule has 0 unspecified atom stereocenters. The number of nitrogens with one attached hydrogen (secondary N) is 1. The van der Waals surface area contributed by atoms with Crippen LogP contribution < -0.4 is 5.32 Å². The molecule has 0 aromatic carbocycles. The first-order chi connectivity index (χ1) is 4.75. The van der Waals surface area contributed by atoms with Gasteiger partial charge in [-0.3, -0.25) is 0 Å². The van der Waals surface area contributed by atoms with Gasteiger partial charge in [0, 0.05) is 7.05 Å². The highest BCUT2D eigenvalue weighted by Crippen LogP contribution is 2.20. The Labute approximate surface area is 62.3 Å². The van der Waals surface area contributed by atoms with Gasteiger partial charge in [0.15, 0.2) is 0 Å². The van der Waals surface area contributed by atoms with Gasteiger partial charge in [-0.15, -0.1) is 11.3 Å². The normalized spacial score (nSPS) is 9.30. The molecule has 0 aliphatic carbocycles. The average Bonchev–Trinajstić information content (AvgIpc) is 2.33. The van der Waals surface area contributed by atoms with Gasteiger partial charge in [0.2, 0.25) is 0 Å².